The van der Waals surface area contributed by atoms with E-state index in [1.165, 1.54) is 44.3 Å². The van der Waals surface area contributed by atoms with Crippen LogP contribution >= 0.6 is 11.8 Å². The summed E-state index contributed by atoms with van der Waals surface area (Å²) < 4.78 is 0. The Morgan fingerprint density at radius 3 is 2.76 bits per heavy atom. The molecule has 0 amide bonds. The SMILES string of the molecule is C1CCC(NC2NCNC3CC4NCCSC4NC32)CC1. The summed E-state index contributed by atoms with van der Waals surface area (Å²) in [5.41, 5.74) is 0. The number of rotatable bonds is 2. The zero-order valence-corrected chi connectivity index (χ0v) is 13.6. The van der Waals surface area contributed by atoms with Gasteiger partial charge in [-0.3, -0.25) is 21.3 Å². The van der Waals surface area contributed by atoms with Crippen molar-refractivity contribution in [1.82, 2.24) is 26.6 Å². The van der Waals surface area contributed by atoms with Gasteiger partial charge in [0.05, 0.1) is 17.6 Å². The van der Waals surface area contributed by atoms with E-state index in [9.17, 15) is 0 Å². The van der Waals surface area contributed by atoms with Crippen molar-refractivity contribution in [2.75, 3.05) is 19.0 Å². The first-order chi connectivity index (χ1) is 10.4. The summed E-state index contributed by atoms with van der Waals surface area (Å²) in [5.74, 6) is 1.23. The highest BCUT2D eigenvalue weighted by atomic mass is 32.2. The molecule has 0 bridgehead atoms. The Kier molecular flexibility index (Phi) is 4.71. The second-order valence-corrected chi connectivity index (χ2v) is 8.20. The van der Waals surface area contributed by atoms with Crippen LogP contribution in [0.4, 0.5) is 0 Å². The van der Waals surface area contributed by atoms with E-state index in [0.717, 1.165) is 13.2 Å². The quantitative estimate of drug-likeness (QED) is 0.500. The molecule has 0 aromatic carbocycles. The third-order valence-electron chi connectivity index (χ3n) is 5.54. The summed E-state index contributed by atoms with van der Waals surface area (Å²) in [6.45, 7) is 2.09. The standard InChI is InChI=1S/C15H29N5S/c1-2-4-10(5-3-1)19-14-13-11(17-9-18-14)8-12-15(20-13)21-7-6-16-12/h10-20H,1-9H2. The molecule has 5 N–H and O–H groups in total. The van der Waals surface area contributed by atoms with E-state index in [4.69, 9.17) is 0 Å². The zero-order valence-electron chi connectivity index (χ0n) is 12.7. The fourth-order valence-electron chi connectivity index (χ4n) is 4.40. The minimum absolute atomic E-state index is 0.419. The molecule has 4 rings (SSSR count). The molecule has 3 aliphatic heterocycles. The van der Waals surface area contributed by atoms with Crippen molar-refractivity contribution in [3.8, 4) is 0 Å². The van der Waals surface area contributed by atoms with Gasteiger partial charge >= 0.3 is 0 Å². The lowest BCUT2D eigenvalue weighted by atomic mass is 9.89. The average Bonchev–Trinajstić information content (AvgIpc) is 2.54. The van der Waals surface area contributed by atoms with Gasteiger partial charge in [0.1, 0.15) is 0 Å². The van der Waals surface area contributed by atoms with Crippen LogP contribution in [0.5, 0.6) is 0 Å². The van der Waals surface area contributed by atoms with Gasteiger partial charge in [0.2, 0.25) is 0 Å². The third-order valence-corrected chi connectivity index (χ3v) is 6.80. The number of hydrogen-bond donors (Lipinski definition) is 5. The van der Waals surface area contributed by atoms with Crippen molar-refractivity contribution in [3.63, 3.8) is 0 Å². The van der Waals surface area contributed by atoms with Crippen LogP contribution in [0.2, 0.25) is 0 Å². The lowest BCUT2D eigenvalue weighted by molar-refractivity contribution is 0.132. The van der Waals surface area contributed by atoms with Crippen molar-refractivity contribution in [2.45, 2.75) is 74.2 Å². The molecule has 4 fully saturated rings. The van der Waals surface area contributed by atoms with Crippen molar-refractivity contribution in [1.29, 1.82) is 0 Å². The molecule has 120 valence electrons. The summed E-state index contributed by atoms with van der Waals surface area (Å²) in [6, 6.07) is 2.44. The normalized spacial score (nSPS) is 44.9. The Morgan fingerprint density at radius 1 is 0.952 bits per heavy atom. The molecule has 5 unspecified atom stereocenters. The molecular formula is C15H29N5S. The second kappa shape index (κ2) is 6.72. The van der Waals surface area contributed by atoms with Crippen molar-refractivity contribution in [2.24, 2.45) is 0 Å². The van der Waals surface area contributed by atoms with Gasteiger partial charge in [0, 0.05) is 37.1 Å². The van der Waals surface area contributed by atoms with E-state index in [1.807, 2.05) is 0 Å². The highest BCUT2D eigenvalue weighted by Crippen LogP contribution is 2.28. The Labute approximate surface area is 132 Å². The Bertz CT molecular complexity index is 349. The highest BCUT2D eigenvalue weighted by molar-refractivity contribution is 8.00. The predicted molar refractivity (Wildman–Crippen MR) is 88.3 cm³/mol. The van der Waals surface area contributed by atoms with E-state index in [0.29, 0.717) is 35.7 Å². The molecule has 0 aromatic heterocycles. The van der Waals surface area contributed by atoms with E-state index in [1.54, 1.807) is 0 Å². The molecule has 0 aromatic rings. The number of hydrogen-bond acceptors (Lipinski definition) is 6. The third kappa shape index (κ3) is 3.26. The summed E-state index contributed by atoms with van der Waals surface area (Å²) in [7, 11) is 0. The fourth-order valence-corrected chi connectivity index (χ4v) is 5.58. The second-order valence-electron chi connectivity index (χ2n) is 6.95. The molecular weight excluding hydrogens is 282 g/mol. The fraction of sp³-hybridized carbons (Fsp3) is 1.00. The number of fused-ring (bicyclic) bond motifs is 2. The maximum absolute atomic E-state index is 3.91. The van der Waals surface area contributed by atoms with Crippen LogP contribution in [-0.4, -0.2) is 54.7 Å². The smallest absolute Gasteiger partial charge is 0.0757 e. The maximum Gasteiger partial charge on any atom is 0.0757 e. The largest absolute Gasteiger partial charge is 0.311 e. The highest BCUT2D eigenvalue weighted by Gasteiger charge is 2.43. The van der Waals surface area contributed by atoms with Gasteiger partial charge in [-0.05, 0) is 19.3 Å². The van der Waals surface area contributed by atoms with Gasteiger partial charge in [0.15, 0.2) is 0 Å². The molecule has 1 saturated carbocycles. The summed E-state index contributed by atoms with van der Waals surface area (Å²) >= 11 is 2.09. The molecule has 21 heavy (non-hydrogen) atoms. The summed E-state index contributed by atoms with van der Waals surface area (Å²) in [5, 5.41) is 19.4. The van der Waals surface area contributed by atoms with Crippen LogP contribution < -0.4 is 26.6 Å². The molecule has 6 heteroatoms. The van der Waals surface area contributed by atoms with Crippen LogP contribution in [-0.2, 0) is 0 Å². The van der Waals surface area contributed by atoms with Gasteiger partial charge in [0.25, 0.3) is 0 Å². The Balaban J connectivity index is 1.40. The van der Waals surface area contributed by atoms with Gasteiger partial charge in [-0.15, -0.1) is 11.8 Å². The van der Waals surface area contributed by atoms with E-state index in [-0.39, 0.29) is 0 Å². The predicted octanol–water partition coefficient (Wildman–Crippen LogP) is 0.147. The van der Waals surface area contributed by atoms with Gasteiger partial charge in [-0.2, -0.15) is 0 Å². The molecule has 0 spiro atoms. The number of nitrogens with one attached hydrogen (secondary N) is 5. The molecule has 3 heterocycles. The maximum atomic E-state index is 3.91. The molecule has 5 nitrogen and oxygen atoms in total. The summed E-state index contributed by atoms with van der Waals surface area (Å²) in [6.07, 6.45) is 8.59. The van der Waals surface area contributed by atoms with Crippen LogP contribution in [0.25, 0.3) is 0 Å². The lowest BCUT2D eigenvalue weighted by Crippen LogP contribution is -2.76. The topological polar surface area (TPSA) is 60.1 Å². The minimum atomic E-state index is 0.419. The molecule has 1 aliphatic carbocycles. The first kappa shape index (κ1) is 14.7. The zero-order chi connectivity index (χ0) is 14.1. The van der Waals surface area contributed by atoms with E-state index < -0.39 is 0 Å². The van der Waals surface area contributed by atoms with Crippen molar-refractivity contribution >= 4 is 11.8 Å². The van der Waals surface area contributed by atoms with Crippen molar-refractivity contribution in [3.05, 3.63) is 0 Å². The van der Waals surface area contributed by atoms with E-state index in [2.05, 4.69) is 38.3 Å². The first-order valence-corrected chi connectivity index (χ1v) is 9.79. The van der Waals surface area contributed by atoms with Crippen LogP contribution in [0.15, 0.2) is 0 Å². The van der Waals surface area contributed by atoms with E-state index >= 15 is 0 Å². The number of thioether (sulfide) groups is 1. The molecule has 3 saturated heterocycles. The summed E-state index contributed by atoms with van der Waals surface area (Å²) in [4.78, 5) is 0. The Morgan fingerprint density at radius 2 is 1.86 bits per heavy atom. The lowest BCUT2D eigenvalue weighted by Gasteiger charge is -2.51. The minimum Gasteiger partial charge on any atom is -0.311 e. The molecule has 4 aliphatic rings. The van der Waals surface area contributed by atoms with Crippen molar-refractivity contribution < 1.29 is 0 Å². The van der Waals surface area contributed by atoms with Crippen LogP contribution in [0.3, 0.4) is 0 Å². The average molecular weight is 311 g/mol. The monoisotopic (exact) mass is 311 g/mol. The molecule has 5 atom stereocenters. The van der Waals surface area contributed by atoms with Gasteiger partial charge in [-0.25, -0.2) is 0 Å². The van der Waals surface area contributed by atoms with Crippen LogP contribution in [0.1, 0.15) is 38.5 Å². The first-order valence-electron chi connectivity index (χ1n) is 8.74. The molecule has 0 radical (unpaired) electrons. The Hall–Kier alpha value is 0.150. The number of piperidine rings is 1. The van der Waals surface area contributed by atoms with Gasteiger partial charge < -0.3 is 5.32 Å². The van der Waals surface area contributed by atoms with Gasteiger partial charge in [-0.1, -0.05) is 19.3 Å². The van der Waals surface area contributed by atoms with Crippen LogP contribution in [0, 0.1) is 0 Å².